The van der Waals surface area contributed by atoms with E-state index < -0.39 is 25.4 Å². The number of halogens is 3. The van der Waals surface area contributed by atoms with Crippen LogP contribution in [0.15, 0.2) is 72.6 Å². The van der Waals surface area contributed by atoms with Gasteiger partial charge in [0.15, 0.2) is 0 Å². The number of carbonyl (C=O) groups is 1. The molecule has 3 aliphatic rings. The van der Waals surface area contributed by atoms with Gasteiger partial charge in [-0.15, -0.1) is 0 Å². The Balaban J connectivity index is 1.05. The number of carboxylic acid groups (broad SMARTS) is 1. The third-order valence-corrected chi connectivity index (χ3v) is 11.0. The van der Waals surface area contributed by atoms with Gasteiger partial charge in [-0.2, -0.15) is 0 Å². The first-order valence-corrected chi connectivity index (χ1v) is 17.5. The normalized spacial score (nSPS) is 18.9. The highest BCUT2D eigenvalue weighted by Crippen LogP contribution is 2.49. The van der Waals surface area contributed by atoms with Crippen LogP contribution < -0.4 is 9.64 Å². The van der Waals surface area contributed by atoms with Gasteiger partial charge in [0.1, 0.15) is 36.1 Å². The lowest BCUT2D eigenvalue weighted by Gasteiger charge is -2.47. The molecule has 1 aliphatic carbocycles. The summed E-state index contributed by atoms with van der Waals surface area (Å²) >= 11 is 6.25. The maximum Gasteiger partial charge on any atom is 0.339 e. The van der Waals surface area contributed by atoms with Crippen LogP contribution in [0.5, 0.6) is 11.5 Å². The molecule has 1 spiro atoms. The summed E-state index contributed by atoms with van der Waals surface area (Å²) in [6, 6.07) is 16.6. The van der Waals surface area contributed by atoms with Gasteiger partial charge in [-0.3, -0.25) is 9.80 Å². The Morgan fingerprint density at radius 3 is 2.45 bits per heavy atom. The van der Waals surface area contributed by atoms with Crippen molar-refractivity contribution < 1.29 is 23.4 Å². The van der Waals surface area contributed by atoms with Gasteiger partial charge < -0.3 is 19.7 Å². The molecular weight excluding hydrogens is 648 g/mol. The zero-order valence-corrected chi connectivity index (χ0v) is 28.3. The van der Waals surface area contributed by atoms with Gasteiger partial charge in [-0.25, -0.2) is 18.6 Å². The molecule has 4 heterocycles. The van der Waals surface area contributed by atoms with Gasteiger partial charge in [0.2, 0.25) is 0 Å². The molecule has 0 bridgehead atoms. The van der Waals surface area contributed by atoms with Gasteiger partial charge in [0.25, 0.3) is 0 Å². The molecule has 258 valence electrons. The molecule has 2 aromatic carbocycles. The highest BCUT2D eigenvalue weighted by atomic mass is 35.5. The number of nitrogens with zero attached hydrogens (tertiary/aromatic N) is 4. The van der Waals surface area contributed by atoms with E-state index in [-0.39, 0.29) is 16.7 Å². The Hall–Kier alpha value is -3.99. The topological polar surface area (TPSA) is 84.9 Å². The number of hydrogen-bond acceptors (Lipinski definition) is 6. The number of carboxylic acids is 1. The lowest BCUT2D eigenvalue weighted by Crippen LogP contribution is -2.49. The first kappa shape index (κ1) is 33.5. The van der Waals surface area contributed by atoms with Crippen molar-refractivity contribution in [3.8, 4) is 11.5 Å². The molecule has 8 nitrogen and oxygen atoms in total. The molecule has 0 unspecified atom stereocenters. The SMILES string of the molecule is O=C(O)c1ccc(N2CCN(CC3=C(c4ccc(Cl)cc4)CCC4(CCN(C(CF)CF)CC4)C3)CC2)cc1Oc1cnc2[nH]ccc2c1. The molecule has 2 aliphatic heterocycles. The number of H-pyrrole nitrogens is 1. The van der Waals surface area contributed by atoms with Gasteiger partial charge >= 0.3 is 5.97 Å². The fourth-order valence-electron chi connectivity index (χ4n) is 7.90. The Morgan fingerprint density at radius 1 is 0.980 bits per heavy atom. The number of aromatic carboxylic acids is 1. The molecule has 2 saturated heterocycles. The van der Waals surface area contributed by atoms with Crippen molar-refractivity contribution in [3.63, 3.8) is 0 Å². The van der Waals surface area contributed by atoms with E-state index in [1.807, 2.05) is 41.3 Å². The van der Waals surface area contributed by atoms with Crippen molar-refractivity contribution in [2.24, 2.45) is 5.41 Å². The van der Waals surface area contributed by atoms with Crippen molar-refractivity contribution in [1.29, 1.82) is 0 Å². The third kappa shape index (κ3) is 7.32. The summed E-state index contributed by atoms with van der Waals surface area (Å²) in [7, 11) is 0. The average Bonchev–Trinajstić information content (AvgIpc) is 3.59. The molecule has 2 fully saturated rings. The van der Waals surface area contributed by atoms with Crippen molar-refractivity contribution in [2.75, 3.05) is 64.1 Å². The minimum atomic E-state index is -1.05. The molecule has 0 amide bonds. The van der Waals surface area contributed by atoms with Crippen LogP contribution in [0, 0.1) is 5.41 Å². The first-order valence-electron chi connectivity index (χ1n) is 17.1. The Bertz CT molecular complexity index is 1810. The van der Waals surface area contributed by atoms with Crippen LogP contribution in [-0.2, 0) is 0 Å². The van der Waals surface area contributed by atoms with E-state index in [2.05, 4.69) is 31.9 Å². The summed E-state index contributed by atoms with van der Waals surface area (Å²) < 4.78 is 33.0. The number of allylic oxidation sites excluding steroid dienone is 1. The smallest absolute Gasteiger partial charge is 0.339 e. The largest absolute Gasteiger partial charge is 0.478 e. The summed E-state index contributed by atoms with van der Waals surface area (Å²) in [6.07, 6.45) is 8.37. The van der Waals surface area contributed by atoms with Crippen LogP contribution in [0.2, 0.25) is 5.02 Å². The van der Waals surface area contributed by atoms with Crippen molar-refractivity contribution in [1.82, 2.24) is 19.8 Å². The predicted octanol–water partition coefficient (Wildman–Crippen LogP) is 7.86. The van der Waals surface area contributed by atoms with E-state index in [4.69, 9.17) is 16.3 Å². The predicted molar refractivity (Wildman–Crippen MR) is 189 cm³/mol. The van der Waals surface area contributed by atoms with Crippen LogP contribution in [-0.4, -0.2) is 96.0 Å². The molecule has 0 saturated carbocycles. The molecule has 0 radical (unpaired) electrons. The minimum absolute atomic E-state index is 0.0974. The number of aromatic amines is 1. The highest BCUT2D eigenvalue weighted by molar-refractivity contribution is 6.30. The van der Waals surface area contributed by atoms with Crippen LogP contribution >= 0.6 is 11.6 Å². The van der Waals surface area contributed by atoms with Gasteiger partial charge in [0.05, 0.1) is 12.2 Å². The Kier molecular flexibility index (Phi) is 9.89. The molecule has 7 rings (SSSR count). The number of hydrogen-bond donors (Lipinski definition) is 2. The van der Waals surface area contributed by atoms with E-state index in [1.54, 1.807) is 18.5 Å². The summed E-state index contributed by atoms with van der Waals surface area (Å²) in [4.78, 5) is 26.3. The third-order valence-electron chi connectivity index (χ3n) is 10.8. The van der Waals surface area contributed by atoms with Crippen LogP contribution in [0.4, 0.5) is 14.5 Å². The molecular formula is C38H42ClF2N5O3. The maximum absolute atomic E-state index is 13.5. The van der Waals surface area contributed by atoms with E-state index in [0.29, 0.717) is 5.75 Å². The fourth-order valence-corrected chi connectivity index (χ4v) is 8.02. The summed E-state index contributed by atoms with van der Waals surface area (Å²) in [5, 5.41) is 11.5. The van der Waals surface area contributed by atoms with Crippen molar-refractivity contribution in [2.45, 2.75) is 38.1 Å². The second-order valence-electron chi connectivity index (χ2n) is 13.7. The molecule has 2 N–H and O–H groups in total. The standard InChI is InChI=1S/C38H42ClF2N5O3/c39-29-3-1-26(2-4-29)33-7-9-38(10-13-45(14-11-38)31(22-40)23-41)21-28(33)25-44-15-17-46(18-16-44)30-5-6-34(37(47)48)35(20-30)49-32-19-27-8-12-42-36(27)43-24-32/h1-6,8,12,19-20,24,31H,7,9-11,13-18,21-23,25H2,(H,42,43)(H,47,48). The van der Waals surface area contributed by atoms with Crippen LogP contribution in [0.1, 0.15) is 48.0 Å². The second kappa shape index (κ2) is 14.5. The number of anilines is 1. The summed E-state index contributed by atoms with van der Waals surface area (Å²) in [6.45, 7) is 4.38. The number of alkyl halides is 2. The maximum atomic E-state index is 13.5. The van der Waals surface area contributed by atoms with Crippen molar-refractivity contribution >= 4 is 39.9 Å². The van der Waals surface area contributed by atoms with Gasteiger partial charge in [-0.05, 0) is 98.1 Å². The number of rotatable bonds is 10. The fraction of sp³-hybridized carbons (Fsp3) is 0.421. The highest BCUT2D eigenvalue weighted by Gasteiger charge is 2.40. The quantitative estimate of drug-likeness (QED) is 0.175. The molecule has 0 atom stereocenters. The van der Waals surface area contributed by atoms with Crippen LogP contribution in [0.25, 0.3) is 16.6 Å². The zero-order chi connectivity index (χ0) is 34.0. The molecule has 4 aromatic rings. The lowest BCUT2D eigenvalue weighted by atomic mass is 9.65. The van der Waals surface area contributed by atoms with E-state index in [9.17, 15) is 18.7 Å². The Morgan fingerprint density at radius 2 is 1.73 bits per heavy atom. The van der Waals surface area contributed by atoms with Gasteiger partial charge in [-0.1, -0.05) is 29.3 Å². The second-order valence-corrected chi connectivity index (χ2v) is 14.1. The van der Waals surface area contributed by atoms with E-state index in [0.717, 1.165) is 99.7 Å². The number of aromatic nitrogens is 2. The average molecular weight is 690 g/mol. The lowest BCUT2D eigenvalue weighted by molar-refractivity contribution is 0.0452. The molecule has 49 heavy (non-hydrogen) atoms. The van der Waals surface area contributed by atoms with Crippen molar-refractivity contribution in [3.05, 3.63) is 88.7 Å². The number of piperazine rings is 1. The van der Waals surface area contributed by atoms with Gasteiger partial charge in [0, 0.05) is 61.1 Å². The Labute approximate surface area is 290 Å². The van der Waals surface area contributed by atoms with E-state index >= 15 is 0 Å². The van der Waals surface area contributed by atoms with E-state index in [1.165, 1.54) is 16.7 Å². The number of ether oxygens (including phenoxy) is 1. The van der Waals surface area contributed by atoms with Crippen LogP contribution in [0.3, 0.4) is 0 Å². The summed E-state index contributed by atoms with van der Waals surface area (Å²) in [5.41, 5.74) is 5.98. The first-order chi connectivity index (χ1) is 23.8. The number of piperidine rings is 1. The number of benzene rings is 2. The molecule has 11 heteroatoms. The number of pyridine rings is 1. The number of nitrogens with one attached hydrogen (secondary N) is 1. The monoisotopic (exact) mass is 689 g/mol. The number of likely N-dealkylation sites (tertiary alicyclic amines) is 1. The minimum Gasteiger partial charge on any atom is -0.478 e. The number of fused-ring (bicyclic) bond motifs is 1. The summed E-state index contributed by atoms with van der Waals surface area (Å²) in [5.74, 6) is -0.293. The zero-order valence-electron chi connectivity index (χ0n) is 27.5. The molecule has 2 aromatic heterocycles.